The van der Waals surface area contributed by atoms with Gasteiger partial charge in [-0.3, -0.25) is 4.79 Å². The molecule has 0 aliphatic rings. The Balaban J connectivity index is 3.05. The van der Waals surface area contributed by atoms with Crippen molar-refractivity contribution in [1.82, 2.24) is 0 Å². The van der Waals surface area contributed by atoms with E-state index in [1.54, 1.807) is 12.1 Å². The standard InChI is InChI=1S/C12H15ClO3/c1-7(2)10(6-12(15)16)9-4-3-8(13)5-11(9)14/h3-5,7,10,14H,6H2,1-2H3,(H,15,16). The van der Waals surface area contributed by atoms with E-state index in [9.17, 15) is 9.90 Å². The molecular weight excluding hydrogens is 228 g/mol. The molecule has 0 bridgehead atoms. The predicted octanol–water partition coefficient (Wildman–Crippen LogP) is 3.26. The van der Waals surface area contributed by atoms with Crippen LogP contribution in [0.1, 0.15) is 31.7 Å². The smallest absolute Gasteiger partial charge is 0.303 e. The lowest BCUT2D eigenvalue weighted by Crippen LogP contribution is -2.12. The number of aliphatic carboxylic acids is 1. The van der Waals surface area contributed by atoms with Gasteiger partial charge in [0.1, 0.15) is 5.75 Å². The lowest BCUT2D eigenvalue weighted by molar-refractivity contribution is -0.137. The average Bonchev–Trinajstić information content (AvgIpc) is 2.14. The van der Waals surface area contributed by atoms with Crippen molar-refractivity contribution in [2.75, 3.05) is 0 Å². The summed E-state index contributed by atoms with van der Waals surface area (Å²) in [6.07, 6.45) is 0.00680. The van der Waals surface area contributed by atoms with Gasteiger partial charge in [-0.05, 0) is 23.6 Å². The zero-order chi connectivity index (χ0) is 12.3. The van der Waals surface area contributed by atoms with Gasteiger partial charge in [0, 0.05) is 10.9 Å². The molecule has 0 aromatic heterocycles. The normalized spacial score (nSPS) is 12.8. The van der Waals surface area contributed by atoms with E-state index in [0.29, 0.717) is 10.6 Å². The van der Waals surface area contributed by atoms with Crippen LogP contribution in [0.3, 0.4) is 0 Å². The highest BCUT2D eigenvalue weighted by molar-refractivity contribution is 6.30. The number of benzene rings is 1. The number of phenolic OH excluding ortho intramolecular Hbond substituents is 1. The zero-order valence-corrected chi connectivity index (χ0v) is 10.0. The second kappa shape index (κ2) is 5.21. The summed E-state index contributed by atoms with van der Waals surface area (Å²) < 4.78 is 0. The average molecular weight is 243 g/mol. The fourth-order valence-electron chi connectivity index (χ4n) is 1.72. The minimum Gasteiger partial charge on any atom is -0.508 e. The number of phenols is 1. The van der Waals surface area contributed by atoms with Gasteiger partial charge in [0.05, 0.1) is 6.42 Å². The quantitative estimate of drug-likeness (QED) is 0.852. The van der Waals surface area contributed by atoms with Crippen molar-refractivity contribution < 1.29 is 15.0 Å². The topological polar surface area (TPSA) is 57.5 Å². The highest BCUT2D eigenvalue weighted by Gasteiger charge is 2.22. The van der Waals surface area contributed by atoms with Crippen LogP contribution in [-0.2, 0) is 4.79 Å². The molecule has 0 spiro atoms. The molecule has 1 rings (SSSR count). The molecule has 0 radical (unpaired) electrons. The van der Waals surface area contributed by atoms with Gasteiger partial charge >= 0.3 is 5.97 Å². The molecule has 0 saturated carbocycles. The molecule has 0 amide bonds. The summed E-state index contributed by atoms with van der Waals surface area (Å²) >= 11 is 5.73. The Bertz CT molecular complexity index is 388. The Morgan fingerprint density at radius 3 is 2.50 bits per heavy atom. The van der Waals surface area contributed by atoms with E-state index in [2.05, 4.69) is 0 Å². The molecule has 1 atom stereocenters. The maximum absolute atomic E-state index is 10.8. The summed E-state index contributed by atoms with van der Waals surface area (Å²) in [5, 5.41) is 19.0. The van der Waals surface area contributed by atoms with Crippen LogP contribution in [0.2, 0.25) is 5.02 Å². The van der Waals surface area contributed by atoms with Gasteiger partial charge in [-0.2, -0.15) is 0 Å². The summed E-state index contributed by atoms with van der Waals surface area (Å²) in [4.78, 5) is 10.8. The van der Waals surface area contributed by atoms with Gasteiger partial charge in [-0.15, -0.1) is 0 Å². The number of hydrogen-bond donors (Lipinski definition) is 2. The van der Waals surface area contributed by atoms with Crippen molar-refractivity contribution >= 4 is 17.6 Å². The van der Waals surface area contributed by atoms with Gasteiger partial charge in [0.2, 0.25) is 0 Å². The third kappa shape index (κ3) is 3.14. The molecule has 0 aliphatic heterocycles. The fraction of sp³-hybridized carbons (Fsp3) is 0.417. The van der Waals surface area contributed by atoms with Crippen LogP contribution in [0.4, 0.5) is 0 Å². The lowest BCUT2D eigenvalue weighted by atomic mass is 9.85. The summed E-state index contributed by atoms with van der Waals surface area (Å²) in [6, 6.07) is 4.78. The van der Waals surface area contributed by atoms with Crippen LogP contribution < -0.4 is 0 Å². The second-order valence-electron chi connectivity index (χ2n) is 4.15. The van der Waals surface area contributed by atoms with Crippen LogP contribution >= 0.6 is 11.6 Å². The van der Waals surface area contributed by atoms with Crippen LogP contribution in [0.5, 0.6) is 5.75 Å². The number of carboxylic acids is 1. The summed E-state index contributed by atoms with van der Waals surface area (Å²) in [5.74, 6) is -0.863. The molecule has 0 aliphatic carbocycles. The largest absolute Gasteiger partial charge is 0.508 e. The Labute approximate surface area is 99.7 Å². The van der Waals surface area contributed by atoms with E-state index in [0.717, 1.165) is 0 Å². The lowest BCUT2D eigenvalue weighted by Gasteiger charge is -2.20. The molecule has 4 heteroatoms. The van der Waals surface area contributed by atoms with E-state index < -0.39 is 5.97 Å². The van der Waals surface area contributed by atoms with E-state index in [4.69, 9.17) is 16.7 Å². The maximum Gasteiger partial charge on any atom is 0.303 e. The van der Waals surface area contributed by atoms with Crippen LogP contribution in [-0.4, -0.2) is 16.2 Å². The van der Waals surface area contributed by atoms with E-state index in [-0.39, 0.29) is 24.0 Å². The van der Waals surface area contributed by atoms with Crippen molar-refractivity contribution in [2.24, 2.45) is 5.92 Å². The minimum atomic E-state index is -0.868. The van der Waals surface area contributed by atoms with E-state index >= 15 is 0 Å². The van der Waals surface area contributed by atoms with Crippen molar-refractivity contribution in [1.29, 1.82) is 0 Å². The monoisotopic (exact) mass is 242 g/mol. The van der Waals surface area contributed by atoms with Crippen molar-refractivity contribution in [3.8, 4) is 5.75 Å². The SMILES string of the molecule is CC(C)C(CC(=O)O)c1ccc(Cl)cc1O. The third-order valence-corrected chi connectivity index (χ3v) is 2.83. The number of hydrogen-bond acceptors (Lipinski definition) is 2. The minimum absolute atomic E-state index is 0.00680. The Morgan fingerprint density at radius 1 is 1.44 bits per heavy atom. The summed E-state index contributed by atoms with van der Waals surface area (Å²) in [5.41, 5.74) is 0.641. The summed E-state index contributed by atoms with van der Waals surface area (Å²) in [6.45, 7) is 3.86. The number of carboxylic acid groups (broad SMARTS) is 1. The Morgan fingerprint density at radius 2 is 2.06 bits per heavy atom. The van der Waals surface area contributed by atoms with Gasteiger partial charge in [0.25, 0.3) is 0 Å². The molecule has 16 heavy (non-hydrogen) atoms. The third-order valence-electron chi connectivity index (χ3n) is 2.59. The van der Waals surface area contributed by atoms with Gasteiger partial charge in [-0.25, -0.2) is 0 Å². The van der Waals surface area contributed by atoms with Gasteiger partial charge in [-0.1, -0.05) is 31.5 Å². The van der Waals surface area contributed by atoms with E-state index in [1.165, 1.54) is 6.07 Å². The molecule has 1 aromatic rings. The maximum atomic E-state index is 10.8. The van der Waals surface area contributed by atoms with E-state index in [1.807, 2.05) is 13.8 Å². The molecule has 0 saturated heterocycles. The van der Waals surface area contributed by atoms with Crippen LogP contribution in [0.25, 0.3) is 0 Å². The Hall–Kier alpha value is -1.22. The number of halogens is 1. The molecule has 1 aromatic carbocycles. The molecular formula is C12H15ClO3. The van der Waals surface area contributed by atoms with Crippen molar-refractivity contribution in [2.45, 2.75) is 26.2 Å². The molecule has 88 valence electrons. The first kappa shape index (κ1) is 12.8. The van der Waals surface area contributed by atoms with Crippen LogP contribution in [0, 0.1) is 5.92 Å². The first-order valence-electron chi connectivity index (χ1n) is 5.12. The molecule has 0 heterocycles. The van der Waals surface area contributed by atoms with Gasteiger partial charge in [0.15, 0.2) is 0 Å². The summed E-state index contributed by atoms with van der Waals surface area (Å²) in [7, 11) is 0. The highest BCUT2D eigenvalue weighted by Crippen LogP contribution is 2.35. The van der Waals surface area contributed by atoms with Crippen molar-refractivity contribution in [3.05, 3.63) is 28.8 Å². The number of rotatable bonds is 4. The molecule has 0 fully saturated rings. The predicted molar refractivity (Wildman–Crippen MR) is 62.9 cm³/mol. The number of carbonyl (C=O) groups is 1. The second-order valence-corrected chi connectivity index (χ2v) is 4.59. The molecule has 1 unspecified atom stereocenters. The van der Waals surface area contributed by atoms with Gasteiger partial charge < -0.3 is 10.2 Å². The Kier molecular flexibility index (Phi) is 4.19. The van der Waals surface area contributed by atoms with Crippen molar-refractivity contribution in [3.63, 3.8) is 0 Å². The number of aromatic hydroxyl groups is 1. The first-order valence-corrected chi connectivity index (χ1v) is 5.49. The van der Waals surface area contributed by atoms with Crippen LogP contribution in [0.15, 0.2) is 18.2 Å². The molecule has 2 N–H and O–H groups in total. The zero-order valence-electron chi connectivity index (χ0n) is 9.27. The highest BCUT2D eigenvalue weighted by atomic mass is 35.5. The molecule has 3 nitrogen and oxygen atoms in total. The fourth-order valence-corrected chi connectivity index (χ4v) is 1.89. The first-order chi connectivity index (χ1) is 7.41.